The van der Waals surface area contributed by atoms with E-state index in [4.69, 9.17) is 4.74 Å². The summed E-state index contributed by atoms with van der Waals surface area (Å²) in [7, 11) is 0. The Morgan fingerprint density at radius 3 is 2.11 bits per heavy atom. The van der Waals surface area contributed by atoms with E-state index in [2.05, 4.69) is 0 Å². The number of phenols is 2. The molecule has 0 fully saturated rings. The van der Waals surface area contributed by atoms with Crippen molar-refractivity contribution in [3.05, 3.63) is 54.1 Å². The molecule has 2 aromatic carbocycles. The van der Waals surface area contributed by atoms with Crippen LogP contribution in [0.4, 0.5) is 0 Å². The molecule has 0 aliphatic rings. The Morgan fingerprint density at radius 2 is 1.56 bits per heavy atom. The smallest absolute Gasteiger partial charge is 0.131 e. The Kier molecular flexibility index (Phi) is 3.72. The molecular weight excluding hydrogens is 228 g/mol. The molecule has 18 heavy (non-hydrogen) atoms. The molecule has 0 spiro atoms. The highest BCUT2D eigenvalue weighted by atomic mass is 16.5. The third-order valence-electron chi connectivity index (χ3n) is 2.77. The first-order valence-corrected chi connectivity index (χ1v) is 5.95. The van der Waals surface area contributed by atoms with Crippen molar-refractivity contribution < 1.29 is 14.9 Å². The number of phenolic OH excluding ortho intramolecular Hbond substituents is 2. The van der Waals surface area contributed by atoms with Crippen molar-refractivity contribution in [2.24, 2.45) is 0 Å². The highest BCUT2D eigenvalue weighted by Gasteiger charge is 2.19. The predicted octanol–water partition coefficient (Wildman–Crippen LogP) is 3.63. The van der Waals surface area contributed by atoms with Gasteiger partial charge < -0.3 is 14.9 Å². The summed E-state index contributed by atoms with van der Waals surface area (Å²) in [5.41, 5.74) is 0.434. The van der Waals surface area contributed by atoms with Crippen molar-refractivity contribution in [1.29, 1.82) is 0 Å². The zero-order chi connectivity index (χ0) is 13.0. The molecule has 1 atom stereocenters. The van der Waals surface area contributed by atoms with E-state index in [1.165, 1.54) is 0 Å². The standard InChI is InChI=1S/C15H16O3/c1-2-14(18-11-7-4-3-5-8-11)15-12(16)9-6-10-13(15)17/h3-10,14,16-17H,2H2,1H3. The van der Waals surface area contributed by atoms with E-state index in [1.54, 1.807) is 18.2 Å². The van der Waals surface area contributed by atoms with Crippen molar-refractivity contribution in [1.82, 2.24) is 0 Å². The topological polar surface area (TPSA) is 49.7 Å². The summed E-state index contributed by atoms with van der Waals surface area (Å²) < 4.78 is 5.79. The molecule has 2 rings (SSSR count). The first kappa shape index (κ1) is 12.3. The lowest BCUT2D eigenvalue weighted by molar-refractivity contribution is 0.192. The lowest BCUT2D eigenvalue weighted by Gasteiger charge is -2.19. The Balaban J connectivity index is 2.29. The van der Waals surface area contributed by atoms with Crippen LogP contribution in [-0.2, 0) is 0 Å². The Bertz CT molecular complexity index is 488. The van der Waals surface area contributed by atoms with Crippen molar-refractivity contribution >= 4 is 0 Å². The van der Waals surface area contributed by atoms with E-state index in [0.717, 1.165) is 0 Å². The molecule has 0 amide bonds. The van der Waals surface area contributed by atoms with E-state index in [1.807, 2.05) is 37.3 Å². The van der Waals surface area contributed by atoms with Gasteiger partial charge in [-0.05, 0) is 30.7 Å². The molecule has 0 aliphatic heterocycles. The minimum atomic E-state index is -0.367. The van der Waals surface area contributed by atoms with Crippen molar-refractivity contribution in [3.8, 4) is 17.2 Å². The summed E-state index contributed by atoms with van der Waals surface area (Å²) in [6.07, 6.45) is 0.286. The molecule has 3 heteroatoms. The first-order chi connectivity index (χ1) is 8.72. The molecule has 2 N–H and O–H groups in total. The lowest BCUT2D eigenvalue weighted by atomic mass is 10.0. The summed E-state index contributed by atoms with van der Waals surface area (Å²) in [6.45, 7) is 1.94. The normalized spacial score (nSPS) is 12.1. The van der Waals surface area contributed by atoms with Gasteiger partial charge in [0.1, 0.15) is 23.4 Å². The number of para-hydroxylation sites is 1. The molecule has 94 valence electrons. The van der Waals surface area contributed by atoms with Gasteiger partial charge in [0.25, 0.3) is 0 Å². The SMILES string of the molecule is CCC(Oc1ccccc1)c1c(O)cccc1O. The Labute approximate surface area is 106 Å². The van der Waals surface area contributed by atoms with Gasteiger partial charge in [0.15, 0.2) is 0 Å². The van der Waals surface area contributed by atoms with Gasteiger partial charge in [-0.25, -0.2) is 0 Å². The van der Waals surface area contributed by atoms with Crippen LogP contribution >= 0.6 is 0 Å². The summed E-state index contributed by atoms with van der Waals surface area (Å²) in [5.74, 6) is 0.822. The third-order valence-corrected chi connectivity index (χ3v) is 2.77. The average Bonchev–Trinajstić information content (AvgIpc) is 2.38. The van der Waals surface area contributed by atoms with Crippen LogP contribution in [-0.4, -0.2) is 10.2 Å². The van der Waals surface area contributed by atoms with Crippen LogP contribution in [0.3, 0.4) is 0 Å². The van der Waals surface area contributed by atoms with E-state index < -0.39 is 0 Å². The molecule has 0 heterocycles. The van der Waals surface area contributed by atoms with Crippen molar-refractivity contribution in [3.63, 3.8) is 0 Å². The fourth-order valence-electron chi connectivity index (χ4n) is 1.88. The first-order valence-electron chi connectivity index (χ1n) is 5.95. The van der Waals surface area contributed by atoms with Gasteiger partial charge >= 0.3 is 0 Å². The second-order valence-corrected chi connectivity index (χ2v) is 4.04. The van der Waals surface area contributed by atoms with Crippen LogP contribution < -0.4 is 4.74 Å². The highest BCUT2D eigenvalue weighted by molar-refractivity contribution is 5.45. The molecule has 2 aromatic rings. The van der Waals surface area contributed by atoms with Crippen LogP contribution in [0, 0.1) is 0 Å². The fraction of sp³-hybridized carbons (Fsp3) is 0.200. The van der Waals surface area contributed by atoms with Crippen LogP contribution in [0.25, 0.3) is 0 Å². The van der Waals surface area contributed by atoms with Gasteiger partial charge in [0.2, 0.25) is 0 Å². The number of benzene rings is 2. The zero-order valence-corrected chi connectivity index (χ0v) is 10.2. The minimum Gasteiger partial charge on any atom is -0.507 e. The van der Waals surface area contributed by atoms with Crippen LogP contribution in [0.1, 0.15) is 25.0 Å². The van der Waals surface area contributed by atoms with Gasteiger partial charge in [0, 0.05) is 0 Å². The summed E-state index contributed by atoms with van der Waals surface area (Å²) >= 11 is 0. The number of rotatable bonds is 4. The maximum Gasteiger partial charge on any atom is 0.131 e. The molecule has 3 nitrogen and oxygen atoms in total. The number of ether oxygens (including phenoxy) is 1. The summed E-state index contributed by atoms with van der Waals surface area (Å²) in [5, 5.41) is 19.7. The average molecular weight is 244 g/mol. The minimum absolute atomic E-state index is 0.0535. The number of aromatic hydroxyl groups is 2. The molecule has 0 radical (unpaired) electrons. The highest BCUT2D eigenvalue weighted by Crippen LogP contribution is 2.36. The van der Waals surface area contributed by atoms with E-state index in [0.29, 0.717) is 17.7 Å². The predicted molar refractivity (Wildman–Crippen MR) is 69.9 cm³/mol. The molecule has 0 saturated carbocycles. The largest absolute Gasteiger partial charge is 0.507 e. The monoisotopic (exact) mass is 244 g/mol. The second-order valence-electron chi connectivity index (χ2n) is 4.04. The van der Waals surface area contributed by atoms with Crippen molar-refractivity contribution in [2.75, 3.05) is 0 Å². The molecule has 1 unspecified atom stereocenters. The van der Waals surface area contributed by atoms with Gasteiger partial charge in [-0.2, -0.15) is 0 Å². The maximum absolute atomic E-state index is 9.83. The van der Waals surface area contributed by atoms with Crippen LogP contribution in [0.15, 0.2) is 48.5 Å². The van der Waals surface area contributed by atoms with E-state index in [9.17, 15) is 10.2 Å². The van der Waals surface area contributed by atoms with Crippen molar-refractivity contribution in [2.45, 2.75) is 19.4 Å². The van der Waals surface area contributed by atoms with Crippen LogP contribution in [0.5, 0.6) is 17.2 Å². The Hall–Kier alpha value is -2.16. The molecule has 0 saturated heterocycles. The third kappa shape index (κ3) is 2.56. The summed E-state index contributed by atoms with van der Waals surface area (Å²) in [4.78, 5) is 0. The Morgan fingerprint density at radius 1 is 0.944 bits per heavy atom. The zero-order valence-electron chi connectivity index (χ0n) is 10.2. The van der Waals surface area contributed by atoms with Gasteiger partial charge in [-0.1, -0.05) is 31.2 Å². The van der Waals surface area contributed by atoms with E-state index >= 15 is 0 Å². The fourth-order valence-corrected chi connectivity index (χ4v) is 1.88. The van der Waals surface area contributed by atoms with Crippen LogP contribution in [0.2, 0.25) is 0 Å². The molecule has 0 aliphatic carbocycles. The van der Waals surface area contributed by atoms with Gasteiger partial charge in [-0.15, -0.1) is 0 Å². The lowest BCUT2D eigenvalue weighted by Crippen LogP contribution is -2.07. The van der Waals surface area contributed by atoms with Gasteiger partial charge in [-0.3, -0.25) is 0 Å². The van der Waals surface area contributed by atoms with Gasteiger partial charge in [0.05, 0.1) is 5.56 Å². The quantitative estimate of drug-likeness (QED) is 0.863. The molecule has 0 bridgehead atoms. The second kappa shape index (κ2) is 5.45. The molecule has 0 aromatic heterocycles. The summed E-state index contributed by atoms with van der Waals surface area (Å²) in [6, 6.07) is 14.1. The number of hydrogen-bond donors (Lipinski definition) is 2. The maximum atomic E-state index is 9.83. The van der Waals surface area contributed by atoms with E-state index in [-0.39, 0.29) is 17.6 Å². The molecular formula is C15H16O3. The number of hydrogen-bond acceptors (Lipinski definition) is 3.